The minimum atomic E-state index is -0.986. The maximum Gasteiger partial charge on any atom is 0.378 e. The number of hydrogen-bond donors (Lipinski definition) is 1. The van der Waals surface area contributed by atoms with E-state index in [1.165, 1.54) is 37.7 Å². The zero-order valence-corrected chi connectivity index (χ0v) is 12.2. The Balaban J connectivity index is 2.09. The van der Waals surface area contributed by atoms with Crippen molar-refractivity contribution in [3.63, 3.8) is 0 Å². The second-order valence-electron chi connectivity index (χ2n) is 5.34. The molecule has 0 aromatic heterocycles. The van der Waals surface area contributed by atoms with E-state index in [0.717, 1.165) is 13.2 Å². The average molecular weight is 288 g/mol. The van der Waals surface area contributed by atoms with Gasteiger partial charge in [0.1, 0.15) is 5.76 Å². The van der Waals surface area contributed by atoms with Crippen LogP contribution >= 0.6 is 0 Å². The number of benzene rings is 1. The third kappa shape index (κ3) is 3.94. The fraction of sp³-hybridized carbons (Fsp3) is 0.412. The third-order valence-electron chi connectivity index (χ3n) is 3.94. The van der Waals surface area contributed by atoms with Crippen molar-refractivity contribution in [2.45, 2.75) is 38.0 Å². The summed E-state index contributed by atoms with van der Waals surface area (Å²) in [5, 5.41) is 9.87. The molecule has 4 heteroatoms. The van der Waals surface area contributed by atoms with Gasteiger partial charge in [-0.25, -0.2) is 4.79 Å². The molecule has 0 spiro atoms. The molecule has 1 fully saturated rings. The topological polar surface area (TPSA) is 63.6 Å². The molecule has 4 nitrogen and oxygen atoms in total. The number of aliphatic hydroxyl groups is 1. The van der Waals surface area contributed by atoms with Gasteiger partial charge in [0.05, 0.1) is 7.11 Å². The highest BCUT2D eigenvalue weighted by Crippen LogP contribution is 2.32. The Kier molecular flexibility index (Phi) is 5.14. The lowest BCUT2D eigenvalue weighted by atomic mass is 9.84. The monoisotopic (exact) mass is 288 g/mol. The molecule has 112 valence electrons. The number of ketones is 1. The molecule has 0 bridgehead atoms. The van der Waals surface area contributed by atoms with E-state index in [2.05, 4.69) is 4.74 Å². The summed E-state index contributed by atoms with van der Waals surface area (Å²) in [6.07, 6.45) is 7.16. The number of aliphatic hydroxyl groups excluding tert-OH is 1. The second kappa shape index (κ2) is 7.07. The summed E-state index contributed by atoms with van der Waals surface area (Å²) in [7, 11) is 1.13. The molecule has 1 aromatic rings. The second-order valence-corrected chi connectivity index (χ2v) is 5.34. The Morgan fingerprint density at radius 1 is 1.14 bits per heavy atom. The van der Waals surface area contributed by atoms with Gasteiger partial charge < -0.3 is 9.84 Å². The van der Waals surface area contributed by atoms with Crippen LogP contribution in [-0.2, 0) is 14.3 Å². The highest BCUT2D eigenvalue weighted by molar-refractivity contribution is 6.39. The fourth-order valence-electron chi connectivity index (χ4n) is 2.73. The number of carbonyl (C=O) groups excluding carboxylic acids is 2. The quantitative estimate of drug-likeness (QED) is 0.399. The highest BCUT2D eigenvalue weighted by Gasteiger charge is 2.16. The lowest BCUT2D eigenvalue weighted by Crippen LogP contribution is -2.13. The summed E-state index contributed by atoms with van der Waals surface area (Å²) in [4.78, 5) is 22.4. The van der Waals surface area contributed by atoms with Crippen LogP contribution in [0.2, 0.25) is 0 Å². The molecule has 0 heterocycles. The van der Waals surface area contributed by atoms with E-state index in [9.17, 15) is 14.7 Å². The van der Waals surface area contributed by atoms with E-state index in [1.54, 1.807) is 12.1 Å². The van der Waals surface area contributed by atoms with Gasteiger partial charge in [0.15, 0.2) is 0 Å². The first-order valence-corrected chi connectivity index (χ1v) is 7.25. The number of methoxy groups -OCH3 is 1. The van der Waals surface area contributed by atoms with Crippen LogP contribution in [0, 0.1) is 0 Å². The maximum atomic E-state index is 11.4. The van der Waals surface area contributed by atoms with E-state index >= 15 is 0 Å². The summed E-state index contributed by atoms with van der Waals surface area (Å²) < 4.78 is 4.30. The molecule has 1 N–H and O–H groups in total. The Morgan fingerprint density at radius 2 is 1.76 bits per heavy atom. The lowest BCUT2D eigenvalue weighted by molar-refractivity contribution is -0.149. The molecule has 1 aromatic carbocycles. The maximum absolute atomic E-state index is 11.4. The van der Waals surface area contributed by atoms with Crippen LogP contribution in [0.4, 0.5) is 0 Å². The number of carbonyl (C=O) groups is 2. The molecule has 1 saturated carbocycles. The average Bonchev–Trinajstić information content (AvgIpc) is 2.55. The summed E-state index contributed by atoms with van der Waals surface area (Å²) in [6, 6.07) is 7.52. The van der Waals surface area contributed by atoms with Crippen molar-refractivity contribution in [3.05, 3.63) is 41.5 Å². The van der Waals surface area contributed by atoms with Crippen LogP contribution in [0.15, 0.2) is 30.3 Å². The smallest absolute Gasteiger partial charge is 0.378 e. The van der Waals surface area contributed by atoms with E-state index in [-0.39, 0.29) is 5.76 Å². The van der Waals surface area contributed by atoms with Gasteiger partial charge in [0.2, 0.25) is 0 Å². The van der Waals surface area contributed by atoms with Crippen molar-refractivity contribution in [2.75, 3.05) is 7.11 Å². The first-order chi connectivity index (χ1) is 10.1. The standard InChI is InChI=1S/C17H20O4/c1-21-17(20)16(19)11-15(18)14-9-7-13(8-10-14)12-5-3-2-4-6-12/h7-12,18H,2-6H2,1H3/b15-11-. The molecule has 1 aliphatic carbocycles. The molecule has 0 amide bonds. The zero-order valence-electron chi connectivity index (χ0n) is 12.2. The van der Waals surface area contributed by atoms with Crippen molar-refractivity contribution in [2.24, 2.45) is 0 Å². The summed E-state index contributed by atoms with van der Waals surface area (Å²) in [6.45, 7) is 0. The SMILES string of the molecule is COC(=O)C(=O)/C=C(\O)c1ccc(C2CCCCC2)cc1. The predicted molar refractivity (Wildman–Crippen MR) is 79.9 cm³/mol. The zero-order chi connectivity index (χ0) is 15.2. The Bertz CT molecular complexity index is 536. The molecule has 0 unspecified atom stereocenters. The molecular formula is C17H20O4. The minimum Gasteiger partial charge on any atom is -0.507 e. The molecule has 0 radical (unpaired) electrons. The van der Waals surface area contributed by atoms with Crippen LogP contribution in [0.25, 0.3) is 5.76 Å². The van der Waals surface area contributed by atoms with Crippen molar-refractivity contribution in [3.8, 4) is 0 Å². The minimum absolute atomic E-state index is 0.222. The van der Waals surface area contributed by atoms with Crippen molar-refractivity contribution in [1.82, 2.24) is 0 Å². The lowest BCUT2D eigenvalue weighted by Gasteiger charge is -2.22. The first kappa shape index (κ1) is 15.3. The molecule has 0 saturated heterocycles. The molecule has 1 aliphatic rings. The highest BCUT2D eigenvalue weighted by atomic mass is 16.5. The molecule has 0 atom stereocenters. The first-order valence-electron chi connectivity index (χ1n) is 7.25. The van der Waals surface area contributed by atoms with Crippen molar-refractivity contribution < 1.29 is 19.4 Å². The molecule has 0 aliphatic heterocycles. The van der Waals surface area contributed by atoms with Crippen molar-refractivity contribution >= 4 is 17.5 Å². The number of hydrogen-bond acceptors (Lipinski definition) is 4. The van der Waals surface area contributed by atoms with Crippen LogP contribution in [0.3, 0.4) is 0 Å². The van der Waals surface area contributed by atoms with Gasteiger partial charge in [-0.1, -0.05) is 43.5 Å². The molecule has 21 heavy (non-hydrogen) atoms. The van der Waals surface area contributed by atoms with Gasteiger partial charge >= 0.3 is 5.97 Å². The number of esters is 1. The number of ether oxygens (including phenoxy) is 1. The van der Waals surface area contributed by atoms with E-state index in [1.807, 2.05) is 12.1 Å². The van der Waals surface area contributed by atoms with E-state index < -0.39 is 11.8 Å². The van der Waals surface area contributed by atoms with Crippen LogP contribution in [0.1, 0.15) is 49.1 Å². The Labute approximate surface area is 124 Å². The van der Waals surface area contributed by atoms with Crippen molar-refractivity contribution in [1.29, 1.82) is 0 Å². The van der Waals surface area contributed by atoms with E-state index in [4.69, 9.17) is 0 Å². The van der Waals surface area contributed by atoms with Gasteiger partial charge in [0, 0.05) is 11.6 Å². The van der Waals surface area contributed by atoms with Gasteiger partial charge in [0.25, 0.3) is 5.78 Å². The fourth-order valence-corrected chi connectivity index (χ4v) is 2.73. The summed E-state index contributed by atoms with van der Waals surface area (Å²) >= 11 is 0. The normalized spacial score (nSPS) is 16.5. The summed E-state index contributed by atoms with van der Waals surface area (Å²) in [5.41, 5.74) is 1.79. The predicted octanol–water partition coefficient (Wildman–Crippen LogP) is 3.38. The largest absolute Gasteiger partial charge is 0.507 e. The van der Waals surface area contributed by atoms with Gasteiger partial charge in [-0.05, 0) is 24.3 Å². The van der Waals surface area contributed by atoms with Crippen LogP contribution < -0.4 is 0 Å². The van der Waals surface area contributed by atoms with Crippen LogP contribution in [0.5, 0.6) is 0 Å². The Morgan fingerprint density at radius 3 is 2.33 bits per heavy atom. The Hall–Kier alpha value is -2.10. The van der Waals surface area contributed by atoms with E-state index in [0.29, 0.717) is 11.5 Å². The van der Waals surface area contributed by atoms with Gasteiger partial charge in [-0.15, -0.1) is 0 Å². The number of rotatable bonds is 4. The molecule has 2 rings (SSSR count). The van der Waals surface area contributed by atoms with Gasteiger partial charge in [-0.2, -0.15) is 0 Å². The summed E-state index contributed by atoms with van der Waals surface area (Å²) in [5.74, 6) is -1.48. The van der Waals surface area contributed by atoms with Crippen LogP contribution in [-0.4, -0.2) is 24.0 Å². The van der Waals surface area contributed by atoms with Gasteiger partial charge in [-0.3, -0.25) is 4.79 Å². The molecular weight excluding hydrogens is 268 g/mol. The third-order valence-corrected chi connectivity index (χ3v) is 3.94.